The van der Waals surface area contributed by atoms with E-state index in [1.807, 2.05) is 57.0 Å². The lowest BCUT2D eigenvalue weighted by atomic mass is 10.2. The van der Waals surface area contributed by atoms with Gasteiger partial charge in [0.1, 0.15) is 0 Å². The molecule has 22 heavy (non-hydrogen) atoms. The van der Waals surface area contributed by atoms with Crippen LogP contribution in [0.4, 0.5) is 5.69 Å². The number of carbonyl (C=O) groups excluding carboxylic acids is 1. The summed E-state index contributed by atoms with van der Waals surface area (Å²) in [6.45, 7) is 2.32. The van der Waals surface area contributed by atoms with E-state index in [1.165, 1.54) is 0 Å². The zero-order chi connectivity index (χ0) is 16.0. The molecule has 0 heterocycles. The molecule has 0 saturated carbocycles. The molecule has 0 aliphatic heterocycles. The molecule has 0 aliphatic carbocycles. The van der Waals surface area contributed by atoms with E-state index in [9.17, 15) is 4.79 Å². The van der Waals surface area contributed by atoms with E-state index in [4.69, 9.17) is 11.6 Å². The monoisotopic (exact) mass is 438 g/mol. The average Bonchev–Trinajstić information content (AvgIpc) is 2.39. The standard InChI is InChI=1S/C15H23ClN4O.HI/c1-11-12(16)7-6-8-13(11)18-14(21)9-10-17-15(19(2)3)20(4)5;/h6-8H,9-10H2,1-5H3,(H,18,21);1H. The summed E-state index contributed by atoms with van der Waals surface area (Å²) in [6.07, 6.45) is 0.330. The predicted octanol–water partition coefficient (Wildman–Crippen LogP) is 3.07. The summed E-state index contributed by atoms with van der Waals surface area (Å²) in [7, 11) is 7.70. The van der Waals surface area contributed by atoms with Crippen molar-refractivity contribution < 1.29 is 4.79 Å². The average molecular weight is 439 g/mol. The summed E-state index contributed by atoms with van der Waals surface area (Å²) in [5, 5.41) is 3.51. The van der Waals surface area contributed by atoms with Gasteiger partial charge in [0.25, 0.3) is 0 Å². The maximum absolute atomic E-state index is 11.9. The number of aliphatic imine (C=N–C) groups is 1. The van der Waals surface area contributed by atoms with Gasteiger partial charge in [-0.05, 0) is 24.6 Å². The SMILES string of the molecule is Cc1c(Cl)cccc1NC(=O)CCN=C(N(C)C)N(C)C.I. The van der Waals surface area contributed by atoms with Gasteiger partial charge in [0.2, 0.25) is 5.91 Å². The number of halogens is 2. The summed E-state index contributed by atoms with van der Waals surface area (Å²) < 4.78 is 0. The second-order valence-electron chi connectivity index (χ2n) is 5.18. The van der Waals surface area contributed by atoms with Crippen LogP contribution in [0.25, 0.3) is 0 Å². The third-order valence-electron chi connectivity index (χ3n) is 2.93. The van der Waals surface area contributed by atoms with Crippen LogP contribution in [0.2, 0.25) is 5.02 Å². The van der Waals surface area contributed by atoms with Crippen LogP contribution in [-0.4, -0.2) is 56.4 Å². The molecule has 0 bridgehead atoms. The maximum Gasteiger partial charge on any atom is 0.226 e. The molecule has 124 valence electrons. The van der Waals surface area contributed by atoms with Crippen LogP contribution in [0.1, 0.15) is 12.0 Å². The van der Waals surface area contributed by atoms with E-state index in [-0.39, 0.29) is 29.9 Å². The van der Waals surface area contributed by atoms with Crippen molar-refractivity contribution in [1.82, 2.24) is 9.80 Å². The van der Waals surface area contributed by atoms with Gasteiger partial charge in [-0.3, -0.25) is 9.79 Å². The largest absolute Gasteiger partial charge is 0.349 e. The van der Waals surface area contributed by atoms with Crippen LogP contribution < -0.4 is 5.32 Å². The van der Waals surface area contributed by atoms with Crippen LogP contribution in [0, 0.1) is 6.92 Å². The minimum atomic E-state index is -0.0685. The van der Waals surface area contributed by atoms with E-state index in [2.05, 4.69) is 10.3 Å². The number of rotatable bonds is 4. The summed E-state index contributed by atoms with van der Waals surface area (Å²) in [5.74, 6) is 0.766. The molecular formula is C15H24ClIN4O. The fourth-order valence-corrected chi connectivity index (χ4v) is 2.07. The van der Waals surface area contributed by atoms with Gasteiger partial charge in [0.15, 0.2) is 5.96 Å². The molecule has 0 radical (unpaired) electrons. The van der Waals surface area contributed by atoms with Crippen molar-refractivity contribution in [3.63, 3.8) is 0 Å². The third-order valence-corrected chi connectivity index (χ3v) is 3.34. The Morgan fingerprint density at radius 2 is 1.82 bits per heavy atom. The highest BCUT2D eigenvalue weighted by Crippen LogP contribution is 2.22. The highest BCUT2D eigenvalue weighted by Gasteiger charge is 2.08. The number of benzene rings is 1. The normalized spacial score (nSPS) is 9.55. The molecule has 0 aliphatic rings. The number of hydrogen-bond donors (Lipinski definition) is 1. The molecule has 0 saturated heterocycles. The lowest BCUT2D eigenvalue weighted by Crippen LogP contribution is -2.35. The Hall–Kier alpha value is -1.02. The Bertz CT molecular complexity index is 522. The van der Waals surface area contributed by atoms with Gasteiger partial charge < -0.3 is 15.1 Å². The Morgan fingerprint density at radius 3 is 2.36 bits per heavy atom. The zero-order valence-electron chi connectivity index (χ0n) is 13.7. The van der Waals surface area contributed by atoms with Gasteiger partial charge in [-0.1, -0.05) is 17.7 Å². The Balaban J connectivity index is 0.00000441. The van der Waals surface area contributed by atoms with Crippen molar-refractivity contribution >= 4 is 53.1 Å². The molecular weight excluding hydrogens is 415 g/mol. The maximum atomic E-state index is 11.9. The molecule has 0 aromatic heterocycles. The first-order valence-corrected chi connectivity index (χ1v) is 7.14. The van der Waals surface area contributed by atoms with E-state index < -0.39 is 0 Å². The molecule has 1 rings (SSSR count). The van der Waals surface area contributed by atoms with E-state index in [0.29, 0.717) is 18.0 Å². The number of nitrogens with zero attached hydrogens (tertiary/aromatic N) is 3. The van der Waals surface area contributed by atoms with Crippen LogP contribution >= 0.6 is 35.6 Å². The number of carbonyl (C=O) groups is 1. The van der Waals surface area contributed by atoms with Gasteiger partial charge in [0.05, 0.1) is 6.54 Å². The van der Waals surface area contributed by atoms with Crippen LogP contribution in [0.3, 0.4) is 0 Å². The molecule has 0 atom stereocenters. The highest BCUT2D eigenvalue weighted by atomic mass is 127. The summed E-state index contributed by atoms with van der Waals surface area (Å²) in [4.78, 5) is 20.2. The molecule has 5 nitrogen and oxygen atoms in total. The molecule has 1 N–H and O–H groups in total. The molecule has 1 aromatic rings. The van der Waals surface area contributed by atoms with Crippen molar-refractivity contribution in [2.45, 2.75) is 13.3 Å². The van der Waals surface area contributed by atoms with Crippen molar-refractivity contribution in [2.75, 3.05) is 40.1 Å². The fourth-order valence-electron chi connectivity index (χ4n) is 1.90. The minimum Gasteiger partial charge on any atom is -0.349 e. The lowest BCUT2D eigenvalue weighted by Gasteiger charge is -2.22. The Kier molecular flexibility index (Phi) is 9.43. The first-order valence-electron chi connectivity index (χ1n) is 6.77. The fraction of sp³-hybridized carbons (Fsp3) is 0.467. The number of anilines is 1. The smallest absolute Gasteiger partial charge is 0.226 e. The number of nitrogens with one attached hydrogen (secondary N) is 1. The number of amides is 1. The van der Waals surface area contributed by atoms with Gasteiger partial charge in [-0.2, -0.15) is 0 Å². The number of hydrogen-bond acceptors (Lipinski definition) is 2. The Morgan fingerprint density at radius 1 is 1.23 bits per heavy atom. The van der Waals surface area contributed by atoms with Gasteiger partial charge in [-0.15, -0.1) is 24.0 Å². The highest BCUT2D eigenvalue weighted by molar-refractivity contribution is 14.0. The van der Waals surface area contributed by atoms with E-state index in [0.717, 1.165) is 17.2 Å². The predicted molar refractivity (Wildman–Crippen MR) is 105 cm³/mol. The summed E-state index contributed by atoms with van der Waals surface area (Å²) in [6, 6.07) is 5.46. The minimum absolute atomic E-state index is 0. The molecule has 0 unspecified atom stereocenters. The van der Waals surface area contributed by atoms with Crippen LogP contribution in [0.15, 0.2) is 23.2 Å². The summed E-state index contributed by atoms with van der Waals surface area (Å²) in [5.41, 5.74) is 1.62. The van der Waals surface area contributed by atoms with Gasteiger partial charge in [-0.25, -0.2) is 0 Å². The molecule has 7 heteroatoms. The quantitative estimate of drug-likeness (QED) is 0.446. The second-order valence-corrected chi connectivity index (χ2v) is 5.59. The van der Waals surface area contributed by atoms with Crippen molar-refractivity contribution in [3.8, 4) is 0 Å². The Labute approximate surface area is 154 Å². The van der Waals surface area contributed by atoms with Crippen molar-refractivity contribution in [2.24, 2.45) is 4.99 Å². The van der Waals surface area contributed by atoms with Crippen molar-refractivity contribution in [3.05, 3.63) is 28.8 Å². The summed E-state index contributed by atoms with van der Waals surface area (Å²) >= 11 is 6.03. The van der Waals surface area contributed by atoms with Crippen LogP contribution in [0.5, 0.6) is 0 Å². The number of guanidine groups is 1. The zero-order valence-corrected chi connectivity index (χ0v) is 16.8. The topological polar surface area (TPSA) is 47.9 Å². The lowest BCUT2D eigenvalue weighted by molar-refractivity contribution is -0.116. The van der Waals surface area contributed by atoms with Crippen molar-refractivity contribution in [1.29, 1.82) is 0 Å². The first kappa shape index (κ1) is 21.0. The van der Waals surface area contributed by atoms with Gasteiger partial charge in [0, 0.05) is 45.3 Å². The molecule has 0 fully saturated rings. The van der Waals surface area contributed by atoms with E-state index >= 15 is 0 Å². The molecule has 0 spiro atoms. The second kappa shape index (κ2) is 9.89. The molecule has 1 aromatic carbocycles. The van der Waals surface area contributed by atoms with Crippen LogP contribution in [-0.2, 0) is 4.79 Å². The van der Waals surface area contributed by atoms with E-state index in [1.54, 1.807) is 6.07 Å². The molecule has 1 amide bonds. The van der Waals surface area contributed by atoms with Gasteiger partial charge >= 0.3 is 0 Å². The third kappa shape index (κ3) is 6.39. The first-order chi connectivity index (χ1) is 9.82.